The Hall–Kier alpha value is -3.03. The minimum absolute atomic E-state index is 0.0334. The zero-order valence-corrected chi connectivity index (χ0v) is 13.9. The summed E-state index contributed by atoms with van der Waals surface area (Å²) in [5.74, 6) is 1.29. The molecule has 0 saturated carbocycles. The number of hydrogen-bond acceptors (Lipinski definition) is 6. The van der Waals surface area contributed by atoms with Gasteiger partial charge in [-0.3, -0.25) is 9.69 Å². The Bertz CT molecular complexity index is 862. The van der Waals surface area contributed by atoms with Crippen LogP contribution in [0.4, 0.5) is 4.79 Å². The molecular weight excluding hydrogens is 326 g/mol. The SMILES string of the molecule is Cc1cc(CN2C(=O)N[C@@](C)(c3ccc4c(c3)OCCO4)C2=O)on1. The maximum atomic E-state index is 12.9. The summed E-state index contributed by atoms with van der Waals surface area (Å²) in [6.45, 7) is 4.42. The molecule has 2 aliphatic heterocycles. The number of benzene rings is 1. The van der Waals surface area contributed by atoms with Gasteiger partial charge in [-0.15, -0.1) is 0 Å². The maximum Gasteiger partial charge on any atom is 0.325 e. The quantitative estimate of drug-likeness (QED) is 0.853. The predicted molar refractivity (Wildman–Crippen MR) is 85.1 cm³/mol. The molecule has 0 bridgehead atoms. The lowest BCUT2D eigenvalue weighted by Gasteiger charge is -2.25. The van der Waals surface area contributed by atoms with Gasteiger partial charge in [0.25, 0.3) is 5.91 Å². The van der Waals surface area contributed by atoms with Crippen LogP contribution in [0.25, 0.3) is 0 Å². The number of carbonyl (C=O) groups is 2. The third-order valence-electron chi connectivity index (χ3n) is 4.39. The van der Waals surface area contributed by atoms with Gasteiger partial charge in [0.15, 0.2) is 17.3 Å². The fraction of sp³-hybridized carbons (Fsp3) is 0.353. The molecule has 1 N–H and O–H groups in total. The number of nitrogens with zero attached hydrogens (tertiary/aromatic N) is 2. The molecular formula is C17H17N3O5. The van der Waals surface area contributed by atoms with Crippen molar-refractivity contribution in [2.45, 2.75) is 25.9 Å². The van der Waals surface area contributed by atoms with Gasteiger partial charge in [-0.05, 0) is 31.5 Å². The molecule has 0 radical (unpaired) electrons. The van der Waals surface area contributed by atoms with E-state index in [4.69, 9.17) is 14.0 Å². The van der Waals surface area contributed by atoms with Crippen molar-refractivity contribution >= 4 is 11.9 Å². The first-order valence-corrected chi connectivity index (χ1v) is 7.94. The van der Waals surface area contributed by atoms with Crippen LogP contribution in [0.15, 0.2) is 28.8 Å². The van der Waals surface area contributed by atoms with Crippen LogP contribution in [-0.4, -0.2) is 35.2 Å². The Labute approximate surface area is 143 Å². The van der Waals surface area contributed by atoms with E-state index in [9.17, 15) is 9.59 Å². The summed E-state index contributed by atoms with van der Waals surface area (Å²) in [4.78, 5) is 26.4. The molecule has 1 aromatic heterocycles. The number of amides is 3. The van der Waals surface area contributed by atoms with E-state index >= 15 is 0 Å². The summed E-state index contributed by atoms with van der Waals surface area (Å²) in [6.07, 6.45) is 0. The zero-order chi connectivity index (χ0) is 17.6. The molecule has 130 valence electrons. The van der Waals surface area contributed by atoms with Gasteiger partial charge >= 0.3 is 6.03 Å². The van der Waals surface area contributed by atoms with Crippen molar-refractivity contribution < 1.29 is 23.6 Å². The maximum absolute atomic E-state index is 12.9. The topological polar surface area (TPSA) is 93.9 Å². The zero-order valence-electron chi connectivity index (χ0n) is 13.9. The number of fused-ring (bicyclic) bond motifs is 1. The second-order valence-electron chi connectivity index (χ2n) is 6.24. The molecule has 2 aliphatic rings. The van der Waals surface area contributed by atoms with E-state index < -0.39 is 11.6 Å². The fourth-order valence-electron chi connectivity index (χ4n) is 3.04. The highest BCUT2D eigenvalue weighted by Gasteiger charge is 2.49. The standard InChI is InChI=1S/C17H17N3O5/c1-10-7-12(25-19-10)9-20-15(21)17(2,18-16(20)22)11-3-4-13-14(8-11)24-6-5-23-13/h3-4,7-8H,5-6,9H2,1-2H3,(H,18,22)/t17-/m0/s1. The van der Waals surface area contributed by atoms with E-state index in [-0.39, 0.29) is 12.5 Å². The monoisotopic (exact) mass is 343 g/mol. The number of carbonyl (C=O) groups excluding carboxylic acids is 2. The summed E-state index contributed by atoms with van der Waals surface area (Å²) >= 11 is 0. The molecule has 2 aromatic rings. The van der Waals surface area contributed by atoms with Gasteiger partial charge in [-0.25, -0.2) is 4.79 Å². The molecule has 4 rings (SSSR count). The Balaban J connectivity index is 1.63. The molecule has 1 fully saturated rings. The lowest BCUT2D eigenvalue weighted by atomic mass is 9.91. The molecule has 8 nitrogen and oxygen atoms in total. The highest BCUT2D eigenvalue weighted by molar-refractivity contribution is 6.07. The Morgan fingerprint density at radius 1 is 1.20 bits per heavy atom. The third kappa shape index (κ3) is 2.50. The van der Waals surface area contributed by atoms with E-state index in [1.54, 1.807) is 38.1 Å². The van der Waals surface area contributed by atoms with Gasteiger partial charge in [0.2, 0.25) is 0 Å². The van der Waals surface area contributed by atoms with Gasteiger partial charge in [-0.2, -0.15) is 0 Å². The van der Waals surface area contributed by atoms with Crippen molar-refractivity contribution in [2.75, 3.05) is 13.2 Å². The number of aryl methyl sites for hydroxylation is 1. The second-order valence-corrected chi connectivity index (χ2v) is 6.24. The van der Waals surface area contributed by atoms with Crippen LogP contribution in [0.1, 0.15) is 23.9 Å². The molecule has 0 spiro atoms. The van der Waals surface area contributed by atoms with Crippen LogP contribution >= 0.6 is 0 Å². The van der Waals surface area contributed by atoms with E-state index in [2.05, 4.69) is 10.5 Å². The van der Waals surface area contributed by atoms with E-state index in [0.717, 1.165) is 4.90 Å². The molecule has 0 aliphatic carbocycles. The van der Waals surface area contributed by atoms with E-state index in [0.29, 0.717) is 41.7 Å². The fourth-order valence-corrected chi connectivity index (χ4v) is 3.04. The number of aromatic nitrogens is 1. The number of hydrogen-bond donors (Lipinski definition) is 1. The van der Waals surface area contributed by atoms with Crippen LogP contribution in [0, 0.1) is 6.92 Å². The minimum Gasteiger partial charge on any atom is -0.486 e. The van der Waals surface area contributed by atoms with Gasteiger partial charge in [0.1, 0.15) is 18.8 Å². The molecule has 3 heterocycles. The summed E-state index contributed by atoms with van der Waals surface area (Å²) in [5.41, 5.74) is 0.144. The summed E-state index contributed by atoms with van der Waals surface area (Å²) in [5, 5.41) is 6.54. The number of rotatable bonds is 3. The molecule has 1 aromatic carbocycles. The normalized spacial score (nSPS) is 22.2. The Morgan fingerprint density at radius 3 is 2.68 bits per heavy atom. The van der Waals surface area contributed by atoms with E-state index in [1.165, 1.54) is 0 Å². The lowest BCUT2D eigenvalue weighted by molar-refractivity contribution is -0.131. The average molecular weight is 343 g/mol. The smallest absolute Gasteiger partial charge is 0.325 e. The Kier molecular flexibility index (Phi) is 3.41. The van der Waals surface area contributed by atoms with Crippen molar-refractivity contribution in [3.05, 3.63) is 41.3 Å². The van der Waals surface area contributed by atoms with Crippen molar-refractivity contribution in [3.63, 3.8) is 0 Å². The van der Waals surface area contributed by atoms with Crippen molar-refractivity contribution in [1.82, 2.24) is 15.4 Å². The number of imide groups is 1. The Morgan fingerprint density at radius 2 is 1.96 bits per heavy atom. The molecule has 25 heavy (non-hydrogen) atoms. The van der Waals surface area contributed by atoms with Crippen LogP contribution in [0.2, 0.25) is 0 Å². The first-order chi connectivity index (χ1) is 12.0. The molecule has 1 atom stereocenters. The molecule has 3 amide bonds. The average Bonchev–Trinajstić information content (AvgIpc) is 3.11. The van der Waals surface area contributed by atoms with Gasteiger partial charge in [-0.1, -0.05) is 11.2 Å². The van der Waals surface area contributed by atoms with Crippen molar-refractivity contribution in [2.24, 2.45) is 0 Å². The third-order valence-corrected chi connectivity index (χ3v) is 4.39. The van der Waals surface area contributed by atoms with E-state index in [1.807, 2.05) is 0 Å². The predicted octanol–water partition coefficient (Wildman–Crippen LogP) is 1.72. The van der Waals surface area contributed by atoms with Gasteiger partial charge in [0, 0.05) is 6.07 Å². The van der Waals surface area contributed by atoms with Gasteiger partial charge in [0.05, 0.1) is 12.2 Å². The largest absolute Gasteiger partial charge is 0.486 e. The van der Waals surface area contributed by atoms with Crippen LogP contribution in [0.3, 0.4) is 0 Å². The molecule has 1 saturated heterocycles. The van der Waals surface area contributed by atoms with Crippen LogP contribution in [-0.2, 0) is 16.9 Å². The second kappa shape index (κ2) is 5.51. The van der Waals surface area contributed by atoms with Crippen LogP contribution in [0.5, 0.6) is 11.5 Å². The van der Waals surface area contributed by atoms with Crippen molar-refractivity contribution in [3.8, 4) is 11.5 Å². The van der Waals surface area contributed by atoms with Crippen molar-refractivity contribution in [1.29, 1.82) is 0 Å². The van der Waals surface area contributed by atoms with Crippen LogP contribution < -0.4 is 14.8 Å². The number of nitrogens with one attached hydrogen (secondary N) is 1. The number of ether oxygens (including phenoxy) is 2. The highest BCUT2D eigenvalue weighted by atomic mass is 16.6. The van der Waals surface area contributed by atoms with Gasteiger partial charge < -0.3 is 19.3 Å². The summed E-state index contributed by atoms with van der Waals surface area (Å²) < 4.78 is 16.2. The summed E-state index contributed by atoms with van der Waals surface area (Å²) in [6, 6.07) is 6.45. The molecule has 0 unspecified atom stereocenters. The minimum atomic E-state index is -1.18. The number of urea groups is 1. The highest BCUT2D eigenvalue weighted by Crippen LogP contribution is 2.37. The first kappa shape index (κ1) is 15.5. The lowest BCUT2D eigenvalue weighted by Crippen LogP contribution is -2.40. The first-order valence-electron chi connectivity index (χ1n) is 7.94. The summed E-state index contributed by atoms with van der Waals surface area (Å²) in [7, 11) is 0. The molecule has 8 heteroatoms.